The second-order valence-electron chi connectivity index (χ2n) is 2.63. The summed E-state index contributed by atoms with van der Waals surface area (Å²) >= 11 is 3.48. The fourth-order valence-corrected chi connectivity index (χ4v) is 1.70. The van der Waals surface area contributed by atoms with E-state index in [4.69, 9.17) is 21.3 Å². The lowest BCUT2D eigenvalue weighted by molar-refractivity contribution is 0.0696. The predicted octanol–water partition coefficient (Wildman–Crippen LogP) is 1.93. The number of hydrogen-bond acceptors (Lipinski definition) is 2. The molecule has 14 heavy (non-hydrogen) atoms. The van der Waals surface area contributed by atoms with Gasteiger partial charge in [-0.05, 0) is 24.6 Å². The van der Waals surface area contributed by atoms with Crippen LogP contribution in [0.25, 0.3) is 0 Å². The van der Waals surface area contributed by atoms with Gasteiger partial charge in [0, 0.05) is 5.02 Å². The van der Waals surface area contributed by atoms with Gasteiger partial charge in [-0.3, -0.25) is 0 Å². The molecule has 4 nitrogen and oxygen atoms in total. The van der Waals surface area contributed by atoms with Crippen LogP contribution in [0.4, 0.5) is 0 Å². The second kappa shape index (κ2) is 4.08. The number of carbonyl (C=O) groups is 1. The largest absolute Gasteiger partial charge is 0.478 e. The van der Waals surface area contributed by atoms with Crippen LogP contribution in [-0.4, -0.2) is 19.8 Å². The van der Waals surface area contributed by atoms with Crippen LogP contribution in [0.3, 0.4) is 0 Å². The molecule has 1 rings (SSSR count). The molecule has 0 aliphatic heterocycles. The normalized spacial score (nSPS) is 12.5. The Hall–Kier alpha value is -0.910. The Labute approximate surface area is 87.8 Å². The van der Waals surface area contributed by atoms with Gasteiger partial charge in [-0.25, -0.2) is 9.00 Å². The van der Waals surface area contributed by atoms with Gasteiger partial charge in [0.15, 0.2) is 11.1 Å². The SMILES string of the molecule is Cc1c(Cl)cc(S(=O)O)cc1C(=O)O. The monoisotopic (exact) mass is 234 g/mol. The zero-order valence-electron chi connectivity index (χ0n) is 7.15. The molecule has 0 saturated carbocycles. The molecule has 1 aromatic carbocycles. The zero-order chi connectivity index (χ0) is 10.9. The number of carboxylic acids is 1. The maximum Gasteiger partial charge on any atom is 0.336 e. The molecule has 0 radical (unpaired) electrons. The Morgan fingerprint density at radius 2 is 2.07 bits per heavy atom. The first kappa shape index (κ1) is 11.2. The van der Waals surface area contributed by atoms with Crippen molar-refractivity contribution in [3.05, 3.63) is 28.3 Å². The maximum atomic E-state index is 10.7. The van der Waals surface area contributed by atoms with Gasteiger partial charge in [-0.1, -0.05) is 11.6 Å². The fraction of sp³-hybridized carbons (Fsp3) is 0.125. The number of benzene rings is 1. The molecule has 0 bridgehead atoms. The Morgan fingerprint density at radius 3 is 2.50 bits per heavy atom. The van der Waals surface area contributed by atoms with Crippen LogP contribution >= 0.6 is 11.6 Å². The third-order valence-electron chi connectivity index (χ3n) is 1.75. The minimum absolute atomic E-state index is 0.0157. The molecule has 1 atom stereocenters. The van der Waals surface area contributed by atoms with Gasteiger partial charge >= 0.3 is 5.97 Å². The van der Waals surface area contributed by atoms with Crippen molar-refractivity contribution in [2.75, 3.05) is 0 Å². The maximum absolute atomic E-state index is 10.7. The number of rotatable bonds is 2. The summed E-state index contributed by atoms with van der Waals surface area (Å²) < 4.78 is 19.5. The standard InChI is InChI=1S/C8H7ClO4S/c1-4-6(8(10)11)2-5(14(12)13)3-7(4)9/h2-3H,1H3,(H,10,11)(H,12,13). The number of hydrogen-bond donors (Lipinski definition) is 2. The summed E-state index contributed by atoms with van der Waals surface area (Å²) in [4.78, 5) is 10.7. The molecule has 0 fully saturated rings. The number of aromatic carboxylic acids is 1. The van der Waals surface area contributed by atoms with Gasteiger partial charge in [0.1, 0.15) is 0 Å². The molecular weight excluding hydrogens is 228 g/mol. The van der Waals surface area contributed by atoms with Crippen molar-refractivity contribution in [2.24, 2.45) is 0 Å². The van der Waals surface area contributed by atoms with Gasteiger partial charge in [-0.2, -0.15) is 0 Å². The van der Waals surface area contributed by atoms with Crippen LogP contribution in [0.1, 0.15) is 15.9 Å². The third kappa shape index (κ3) is 2.12. The highest BCUT2D eigenvalue weighted by molar-refractivity contribution is 7.79. The van der Waals surface area contributed by atoms with E-state index in [9.17, 15) is 9.00 Å². The molecule has 0 aliphatic carbocycles. The lowest BCUT2D eigenvalue weighted by Gasteiger charge is -2.04. The summed E-state index contributed by atoms with van der Waals surface area (Å²) in [5.41, 5.74) is 0.322. The zero-order valence-corrected chi connectivity index (χ0v) is 8.72. The fourth-order valence-electron chi connectivity index (χ4n) is 0.977. The molecule has 0 heterocycles. The molecule has 0 amide bonds. The minimum atomic E-state index is -2.22. The van der Waals surface area contributed by atoms with E-state index in [1.165, 1.54) is 13.0 Å². The van der Waals surface area contributed by atoms with Crippen molar-refractivity contribution in [1.29, 1.82) is 0 Å². The van der Waals surface area contributed by atoms with Crippen molar-refractivity contribution >= 4 is 28.7 Å². The number of halogens is 1. The average Bonchev–Trinajstić information content (AvgIpc) is 2.08. The van der Waals surface area contributed by atoms with Crippen LogP contribution < -0.4 is 0 Å². The van der Waals surface area contributed by atoms with Crippen molar-refractivity contribution in [3.63, 3.8) is 0 Å². The Kier molecular flexibility index (Phi) is 3.25. The molecule has 6 heteroatoms. The van der Waals surface area contributed by atoms with E-state index < -0.39 is 17.0 Å². The van der Waals surface area contributed by atoms with E-state index in [1.807, 2.05) is 0 Å². The molecule has 0 saturated heterocycles. The lowest BCUT2D eigenvalue weighted by Crippen LogP contribution is -2.02. The minimum Gasteiger partial charge on any atom is -0.478 e. The first-order valence-corrected chi connectivity index (χ1v) is 5.06. The van der Waals surface area contributed by atoms with E-state index in [2.05, 4.69) is 0 Å². The molecule has 76 valence electrons. The first-order valence-electron chi connectivity index (χ1n) is 3.57. The Morgan fingerprint density at radius 1 is 1.50 bits per heavy atom. The predicted molar refractivity (Wildman–Crippen MR) is 52.2 cm³/mol. The van der Waals surface area contributed by atoms with Crippen molar-refractivity contribution < 1.29 is 18.7 Å². The lowest BCUT2D eigenvalue weighted by atomic mass is 10.1. The summed E-state index contributed by atoms with van der Waals surface area (Å²) in [6.45, 7) is 1.54. The molecule has 0 aromatic heterocycles. The summed E-state index contributed by atoms with van der Waals surface area (Å²) in [7, 11) is 0. The summed E-state index contributed by atoms with van der Waals surface area (Å²) in [6.07, 6.45) is 0. The average molecular weight is 235 g/mol. The van der Waals surface area contributed by atoms with Crippen LogP contribution in [0.2, 0.25) is 5.02 Å². The molecule has 1 unspecified atom stereocenters. The number of carboxylic acid groups (broad SMARTS) is 1. The highest BCUT2D eigenvalue weighted by atomic mass is 35.5. The van der Waals surface area contributed by atoms with E-state index in [0.29, 0.717) is 5.56 Å². The van der Waals surface area contributed by atoms with Crippen molar-refractivity contribution in [2.45, 2.75) is 11.8 Å². The summed E-state index contributed by atoms with van der Waals surface area (Å²) in [5, 5.41) is 8.93. The highest BCUT2D eigenvalue weighted by Gasteiger charge is 2.13. The molecular formula is C8H7ClO4S. The van der Waals surface area contributed by atoms with Crippen molar-refractivity contribution in [3.8, 4) is 0 Å². The second-order valence-corrected chi connectivity index (χ2v) is 4.01. The van der Waals surface area contributed by atoms with E-state index in [0.717, 1.165) is 6.07 Å². The summed E-state index contributed by atoms with van der Waals surface area (Å²) in [5.74, 6) is -1.17. The first-order chi connectivity index (χ1) is 6.43. The van der Waals surface area contributed by atoms with E-state index in [1.54, 1.807) is 0 Å². The quantitative estimate of drug-likeness (QED) is 0.767. The summed E-state index contributed by atoms with van der Waals surface area (Å²) in [6, 6.07) is 2.42. The Balaban J connectivity index is 3.43. The molecule has 1 aromatic rings. The van der Waals surface area contributed by atoms with Crippen LogP contribution in [0.5, 0.6) is 0 Å². The van der Waals surface area contributed by atoms with Gasteiger partial charge in [0.25, 0.3) is 0 Å². The molecule has 0 spiro atoms. The topological polar surface area (TPSA) is 74.6 Å². The van der Waals surface area contributed by atoms with Gasteiger partial charge in [-0.15, -0.1) is 0 Å². The van der Waals surface area contributed by atoms with E-state index >= 15 is 0 Å². The van der Waals surface area contributed by atoms with Crippen LogP contribution in [-0.2, 0) is 11.1 Å². The van der Waals surface area contributed by atoms with Crippen LogP contribution in [0, 0.1) is 6.92 Å². The molecule has 0 aliphatic rings. The highest BCUT2D eigenvalue weighted by Crippen LogP contribution is 2.23. The third-order valence-corrected chi connectivity index (χ3v) is 2.78. The molecule has 2 N–H and O–H groups in total. The van der Waals surface area contributed by atoms with Gasteiger partial charge in [0.2, 0.25) is 0 Å². The van der Waals surface area contributed by atoms with Crippen LogP contribution in [0.15, 0.2) is 17.0 Å². The van der Waals surface area contributed by atoms with Gasteiger partial charge < -0.3 is 9.66 Å². The smallest absolute Gasteiger partial charge is 0.336 e. The van der Waals surface area contributed by atoms with Crippen molar-refractivity contribution in [1.82, 2.24) is 0 Å². The Bertz CT molecular complexity index is 416. The van der Waals surface area contributed by atoms with Gasteiger partial charge in [0.05, 0.1) is 10.5 Å². The van der Waals surface area contributed by atoms with E-state index in [-0.39, 0.29) is 15.5 Å².